The molecule has 0 bridgehead atoms. The minimum absolute atomic E-state index is 0.0540. The maximum Gasteiger partial charge on any atom is 0.265 e. The Kier molecular flexibility index (Phi) is 5.90. The summed E-state index contributed by atoms with van der Waals surface area (Å²) < 4.78 is 33.0. The fourth-order valence-corrected chi connectivity index (χ4v) is 4.16. The number of sulfonamides is 1. The molecule has 2 aromatic rings. The summed E-state index contributed by atoms with van der Waals surface area (Å²) >= 11 is 8.85. The van der Waals surface area contributed by atoms with Crippen molar-refractivity contribution in [2.75, 3.05) is 11.4 Å². The van der Waals surface area contributed by atoms with E-state index in [0.717, 1.165) is 8.78 Å². The van der Waals surface area contributed by atoms with E-state index in [1.807, 2.05) is 0 Å². The van der Waals surface area contributed by atoms with Crippen molar-refractivity contribution in [1.82, 2.24) is 0 Å². The highest BCUT2D eigenvalue weighted by Gasteiger charge is 2.32. The fourth-order valence-electron chi connectivity index (χ4n) is 2.13. The molecule has 0 heterocycles. The molecule has 0 aromatic heterocycles. The zero-order chi connectivity index (χ0) is 17.9. The van der Waals surface area contributed by atoms with E-state index in [1.165, 1.54) is 32.2 Å². The van der Waals surface area contributed by atoms with E-state index in [2.05, 4.69) is 15.9 Å². The van der Waals surface area contributed by atoms with Crippen molar-refractivity contribution in [3.05, 3.63) is 53.0 Å². The Labute approximate surface area is 154 Å². The van der Waals surface area contributed by atoms with Gasteiger partial charge in [0.15, 0.2) is 0 Å². The van der Waals surface area contributed by atoms with Crippen LogP contribution in [0.1, 0.15) is 6.92 Å². The summed E-state index contributed by atoms with van der Waals surface area (Å²) in [4.78, 5) is 11.7. The first-order chi connectivity index (χ1) is 11.3. The van der Waals surface area contributed by atoms with E-state index < -0.39 is 21.3 Å². The highest BCUT2D eigenvalue weighted by atomic mass is 79.9. The number of carbonyl (C=O) groups excluding carboxylic acids is 1. The molecule has 0 N–H and O–H groups in total. The second-order valence-corrected chi connectivity index (χ2v) is 8.04. The van der Waals surface area contributed by atoms with Gasteiger partial charge in [0, 0.05) is 10.5 Å². The molecule has 2 rings (SSSR count). The molecule has 24 heavy (non-hydrogen) atoms. The Morgan fingerprint density at radius 2 is 1.83 bits per heavy atom. The van der Waals surface area contributed by atoms with Crippen LogP contribution in [0, 0.1) is 0 Å². The van der Waals surface area contributed by atoms with Crippen LogP contribution >= 0.6 is 27.5 Å². The molecule has 2 aromatic carbocycles. The number of ether oxygens (including phenoxy) is 1. The van der Waals surface area contributed by atoms with Gasteiger partial charge in [-0.3, -0.25) is 9.10 Å². The maximum atomic E-state index is 13.0. The summed E-state index contributed by atoms with van der Waals surface area (Å²) in [6.45, 7) is 1.44. The summed E-state index contributed by atoms with van der Waals surface area (Å²) in [5.41, 5.74) is 0.291. The molecule has 8 heteroatoms. The lowest BCUT2D eigenvalue weighted by molar-refractivity contribution is -0.112. The van der Waals surface area contributed by atoms with Crippen LogP contribution in [-0.4, -0.2) is 26.8 Å². The molecule has 0 spiro atoms. The summed E-state index contributed by atoms with van der Waals surface area (Å²) in [6, 6.07) is 11.5. The van der Waals surface area contributed by atoms with E-state index in [4.69, 9.17) is 16.3 Å². The van der Waals surface area contributed by atoms with Crippen LogP contribution < -0.4 is 9.04 Å². The van der Waals surface area contributed by atoms with Crippen LogP contribution in [0.25, 0.3) is 0 Å². The van der Waals surface area contributed by atoms with Gasteiger partial charge in [0.2, 0.25) is 5.24 Å². The third-order valence-corrected chi connectivity index (χ3v) is 6.12. The van der Waals surface area contributed by atoms with Crippen LogP contribution in [0.4, 0.5) is 5.69 Å². The average Bonchev–Trinajstić information content (AvgIpc) is 2.55. The number of hydrogen-bond acceptors (Lipinski definition) is 4. The third-order valence-electron chi connectivity index (χ3n) is 3.36. The van der Waals surface area contributed by atoms with Crippen molar-refractivity contribution < 1.29 is 17.9 Å². The molecule has 1 unspecified atom stereocenters. The van der Waals surface area contributed by atoms with Gasteiger partial charge >= 0.3 is 0 Å². The molecule has 0 aliphatic rings. The number of methoxy groups -OCH3 is 1. The Balaban J connectivity index is 2.61. The minimum Gasteiger partial charge on any atom is -0.497 e. The van der Waals surface area contributed by atoms with E-state index in [-0.39, 0.29) is 4.90 Å². The lowest BCUT2D eigenvalue weighted by Crippen LogP contribution is -2.42. The van der Waals surface area contributed by atoms with E-state index in [0.29, 0.717) is 11.4 Å². The summed E-state index contributed by atoms with van der Waals surface area (Å²) in [7, 11) is -2.51. The second kappa shape index (κ2) is 7.55. The molecule has 0 fully saturated rings. The lowest BCUT2D eigenvalue weighted by Gasteiger charge is -2.28. The van der Waals surface area contributed by atoms with Gasteiger partial charge in [-0.05, 0) is 54.9 Å². The molecule has 0 saturated heterocycles. The molecule has 0 aliphatic carbocycles. The van der Waals surface area contributed by atoms with Crippen LogP contribution in [0.5, 0.6) is 5.75 Å². The zero-order valence-electron chi connectivity index (χ0n) is 12.9. The number of rotatable bonds is 6. The van der Waals surface area contributed by atoms with Crippen molar-refractivity contribution in [3.63, 3.8) is 0 Å². The monoisotopic (exact) mass is 431 g/mol. The quantitative estimate of drug-likeness (QED) is 0.651. The van der Waals surface area contributed by atoms with E-state index >= 15 is 0 Å². The van der Waals surface area contributed by atoms with Gasteiger partial charge in [-0.25, -0.2) is 8.42 Å². The van der Waals surface area contributed by atoms with Gasteiger partial charge in [0.1, 0.15) is 11.8 Å². The molecule has 0 amide bonds. The third kappa shape index (κ3) is 3.91. The average molecular weight is 433 g/mol. The molecule has 128 valence electrons. The van der Waals surface area contributed by atoms with Gasteiger partial charge in [0.25, 0.3) is 10.0 Å². The largest absolute Gasteiger partial charge is 0.497 e. The molecule has 0 saturated carbocycles. The van der Waals surface area contributed by atoms with Crippen molar-refractivity contribution in [2.24, 2.45) is 0 Å². The van der Waals surface area contributed by atoms with Gasteiger partial charge in [-0.2, -0.15) is 0 Å². The van der Waals surface area contributed by atoms with Crippen molar-refractivity contribution in [2.45, 2.75) is 17.9 Å². The van der Waals surface area contributed by atoms with E-state index in [9.17, 15) is 13.2 Å². The normalized spacial score (nSPS) is 12.5. The van der Waals surface area contributed by atoms with Crippen LogP contribution in [0.15, 0.2) is 57.9 Å². The molecule has 0 radical (unpaired) electrons. The number of halogens is 2. The van der Waals surface area contributed by atoms with Crippen LogP contribution in [-0.2, 0) is 14.8 Å². The van der Waals surface area contributed by atoms with Gasteiger partial charge in [-0.1, -0.05) is 22.0 Å². The molecule has 5 nitrogen and oxygen atoms in total. The van der Waals surface area contributed by atoms with Crippen molar-refractivity contribution in [3.8, 4) is 5.75 Å². The number of nitrogens with zero attached hydrogens (tertiary/aromatic N) is 1. The maximum absolute atomic E-state index is 13.0. The van der Waals surface area contributed by atoms with Gasteiger partial charge in [0.05, 0.1) is 17.7 Å². The molecular formula is C16H15BrClNO4S. The SMILES string of the molecule is COc1cccc(N(C(C)C(=O)Cl)S(=O)(=O)c2ccc(Br)cc2)c1. The topological polar surface area (TPSA) is 63.7 Å². The summed E-state index contributed by atoms with van der Waals surface area (Å²) in [6.07, 6.45) is 0. The summed E-state index contributed by atoms with van der Waals surface area (Å²) in [5, 5.41) is -0.779. The highest BCUT2D eigenvalue weighted by Crippen LogP contribution is 2.30. The van der Waals surface area contributed by atoms with Crippen molar-refractivity contribution in [1.29, 1.82) is 0 Å². The standard InChI is InChI=1S/C16H15BrClNO4S/c1-11(16(18)20)19(13-4-3-5-14(10-13)23-2)24(21,22)15-8-6-12(17)7-9-15/h3-11H,1-2H3. The number of hydrogen-bond donors (Lipinski definition) is 0. The number of benzene rings is 2. The first-order valence-electron chi connectivity index (χ1n) is 6.91. The predicted octanol–water partition coefficient (Wildman–Crippen LogP) is 3.81. The lowest BCUT2D eigenvalue weighted by atomic mass is 10.2. The van der Waals surface area contributed by atoms with Crippen molar-refractivity contribution >= 4 is 48.5 Å². The van der Waals surface area contributed by atoms with E-state index in [1.54, 1.807) is 30.3 Å². The molecular weight excluding hydrogens is 418 g/mol. The predicted molar refractivity (Wildman–Crippen MR) is 97.1 cm³/mol. The minimum atomic E-state index is -3.99. The number of anilines is 1. The summed E-state index contributed by atoms with van der Waals surface area (Å²) in [5.74, 6) is 0.470. The molecule has 0 aliphatic heterocycles. The first-order valence-corrected chi connectivity index (χ1v) is 9.52. The second-order valence-electron chi connectivity index (χ2n) is 4.94. The Bertz CT molecular complexity index is 839. The Hall–Kier alpha value is -1.57. The van der Waals surface area contributed by atoms with Crippen LogP contribution in [0.2, 0.25) is 0 Å². The Morgan fingerprint density at radius 3 is 2.38 bits per heavy atom. The van der Waals surface area contributed by atoms with Gasteiger partial charge < -0.3 is 4.74 Å². The first kappa shape index (κ1) is 18.8. The Morgan fingerprint density at radius 1 is 1.21 bits per heavy atom. The van der Waals surface area contributed by atoms with Gasteiger partial charge in [-0.15, -0.1) is 0 Å². The fraction of sp³-hybridized carbons (Fsp3) is 0.188. The van der Waals surface area contributed by atoms with Crippen LogP contribution in [0.3, 0.4) is 0 Å². The zero-order valence-corrected chi connectivity index (χ0v) is 16.1. The number of carbonyl (C=O) groups is 1. The smallest absolute Gasteiger partial charge is 0.265 e. The highest BCUT2D eigenvalue weighted by molar-refractivity contribution is 9.10. The molecule has 1 atom stereocenters.